The van der Waals surface area contributed by atoms with Crippen LogP contribution in [0.5, 0.6) is 0 Å². The molecule has 2 saturated heterocycles. The molecule has 0 N–H and O–H groups in total. The second-order valence-electron chi connectivity index (χ2n) is 5.21. The summed E-state index contributed by atoms with van der Waals surface area (Å²) >= 11 is 3.55. The first-order valence-electron chi connectivity index (χ1n) is 6.25. The van der Waals surface area contributed by atoms with Crippen LogP contribution in [-0.2, 0) is 4.79 Å². The molecule has 0 aromatic carbocycles. The van der Waals surface area contributed by atoms with Gasteiger partial charge >= 0.3 is 0 Å². The number of carbonyl (C=O) groups excluding carboxylic acids is 1. The highest BCUT2D eigenvalue weighted by atomic mass is 79.9. The van der Waals surface area contributed by atoms with Crippen molar-refractivity contribution in [1.29, 1.82) is 0 Å². The van der Waals surface area contributed by atoms with Crippen molar-refractivity contribution < 1.29 is 4.79 Å². The van der Waals surface area contributed by atoms with Crippen LogP contribution in [0.25, 0.3) is 0 Å². The summed E-state index contributed by atoms with van der Waals surface area (Å²) in [5, 5.41) is 0. The Kier molecular flexibility index (Phi) is 3.90. The van der Waals surface area contributed by atoms with Crippen molar-refractivity contribution in [2.75, 3.05) is 19.6 Å². The highest BCUT2D eigenvalue weighted by Crippen LogP contribution is 2.25. The Balaban J connectivity index is 1.87. The van der Waals surface area contributed by atoms with Gasteiger partial charge in [-0.05, 0) is 26.7 Å². The third-order valence-corrected chi connectivity index (χ3v) is 4.39. The van der Waals surface area contributed by atoms with Crippen molar-refractivity contribution in [2.45, 2.75) is 50.0 Å². The van der Waals surface area contributed by atoms with Gasteiger partial charge in [0.1, 0.15) is 0 Å². The van der Waals surface area contributed by atoms with Crippen LogP contribution in [0.2, 0.25) is 0 Å². The van der Waals surface area contributed by atoms with E-state index in [9.17, 15) is 4.79 Å². The Hall–Kier alpha value is -0.0900. The van der Waals surface area contributed by atoms with Gasteiger partial charge in [0.05, 0.1) is 0 Å². The first-order valence-corrected chi connectivity index (χ1v) is 7.17. The van der Waals surface area contributed by atoms with E-state index in [4.69, 9.17) is 0 Å². The molecule has 0 aromatic rings. The predicted octanol–water partition coefficient (Wildman–Crippen LogP) is 1.85. The van der Waals surface area contributed by atoms with E-state index in [1.807, 2.05) is 0 Å². The van der Waals surface area contributed by atoms with Crippen molar-refractivity contribution in [1.82, 2.24) is 9.80 Å². The third kappa shape index (κ3) is 2.59. The molecule has 16 heavy (non-hydrogen) atoms. The molecule has 0 aromatic heterocycles. The van der Waals surface area contributed by atoms with Crippen LogP contribution in [-0.4, -0.2) is 52.3 Å². The Labute approximate surface area is 106 Å². The fourth-order valence-corrected chi connectivity index (χ4v) is 3.34. The number of likely N-dealkylation sites (tertiary alicyclic amines) is 2. The Morgan fingerprint density at radius 2 is 1.94 bits per heavy atom. The Morgan fingerprint density at radius 3 is 2.38 bits per heavy atom. The van der Waals surface area contributed by atoms with E-state index in [-0.39, 0.29) is 0 Å². The number of halogens is 1. The lowest BCUT2D eigenvalue weighted by atomic mass is 10.0. The number of hydrogen-bond acceptors (Lipinski definition) is 2. The second-order valence-corrected chi connectivity index (χ2v) is 6.50. The van der Waals surface area contributed by atoms with Crippen molar-refractivity contribution in [3.8, 4) is 0 Å². The first-order chi connectivity index (χ1) is 7.58. The maximum absolute atomic E-state index is 11.8. The minimum atomic E-state index is 0.338. The molecular formula is C12H21BrN2O. The lowest BCUT2D eigenvalue weighted by Gasteiger charge is -2.38. The van der Waals surface area contributed by atoms with Crippen molar-refractivity contribution in [3.63, 3.8) is 0 Å². The molecular weight excluding hydrogens is 268 g/mol. The molecule has 2 aliphatic heterocycles. The van der Waals surface area contributed by atoms with Gasteiger partial charge in [-0.3, -0.25) is 4.79 Å². The first kappa shape index (κ1) is 12.4. The summed E-state index contributed by atoms with van der Waals surface area (Å²) in [4.78, 5) is 16.8. The molecule has 2 fully saturated rings. The van der Waals surface area contributed by atoms with E-state index in [2.05, 4.69) is 39.6 Å². The number of hydrogen-bond donors (Lipinski definition) is 0. The maximum Gasteiger partial charge on any atom is 0.224 e. The monoisotopic (exact) mass is 288 g/mol. The van der Waals surface area contributed by atoms with E-state index in [0.29, 0.717) is 29.2 Å². The summed E-state index contributed by atoms with van der Waals surface area (Å²) in [7, 11) is 0. The van der Waals surface area contributed by atoms with Gasteiger partial charge in [0.15, 0.2) is 0 Å². The Bertz CT molecular complexity index is 262. The highest BCUT2D eigenvalue weighted by molar-refractivity contribution is 9.09. The number of amides is 1. The Morgan fingerprint density at radius 1 is 1.31 bits per heavy atom. The maximum atomic E-state index is 11.8. The van der Waals surface area contributed by atoms with Gasteiger partial charge in [0.2, 0.25) is 5.91 Å². The van der Waals surface area contributed by atoms with Crippen LogP contribution in [0, 0.1) is 0 Å². The molecule has 0 saturated carbocycles. The molecule has 1 atom stereocenters. The van der Waals surface area contributed by atoms with Crippen LogP contribution in [0.1, 0.15) is 33.1 Å². The molecule has 3 nitrogen and oxygen atoms in total. The molecule has 1 amide bonds. The highest BCUT2D eigenvalue weighted by Gasteiger charge is 2.34. The van der Waals surface area contributed by atoms with E-state index >= 15 is 0 Å². The van der Waals surface area contributed by atoms with Crippen molar-refractivity contribution in [2.24, 2.45) is 0 Å². The minimum Gasteiger partial charge on any atom is -0.338 e. The number of nitrogens with zero attached hydrogens (tertiary/aromatic N) is 2. The van der Waals surface area contributed by atoms with Gasteiger partial charge in [-0.1, -0.05) is 15.9 Å². The molecule has 2 aliphatic rings. The summed E-state index contributed by atoms with van der Waals surface area (Å²) in [5.41, 5.74) is 0. The topological polar surface area (TPSA) is 23.6 Å². The van der Waals surface area contributed by atoms with E-state index in [0.717, 1.165) is 32.5 Å². The summed E-state index contributed by atoms with van der Waals surface area (Å²) in [6.07, 6.45) is 2.97. The zero-order valence-electron chi connectivity index (χ0n) is 10.2. The van der Waals surface area contributed by atoms with Gasteiger partial charge in [0, 0.05) is 43.0 Å². The van der Waals surface area contributed by atoms with Gasteiger partial charge in [-0.2, -0.15) is 0 Å². The SMILES string of the molecule is CC(C)N1CCC(N2CC(Br)CC2=O)CC1. The number of rotatable bonds is 2. The van der Waals surface area contributed by atoms with Crippen LogP contribution < -0.4 is 0 Å². The summed E-state index contributed by atoms with van der Waals surface area (Å²) in [5.74, 6) is 0.338. The molecule has 2 heterocycles. The second kappa shape index (κ2) is 5.05. The summed E-state index contributed by atoms with van der Waals surface area (Å²) < 4.78 is 0. The third-order valence-electron chi connectivity index (χ3n) is 3.78. The number of carbonyl (C=O) groups is 1. The molecule has 4 heteroatoms. The largest absolute Gasteiger partial charge is 0.338 e. The molecule has 1 unspecified atom stereocenters. The predicted molar refractivity (Wildman–Crippen MR) is 68.8 cm³/mol. The fourth-order valence-electron chi connectivity index (χ4n) is 2.75. The molecule has 0 bridgehead atoms. The average Bonchev–Trinajstić information content (AvgIpc) is 2.58. The normalized spacial score (nSPS) is 29.4. The number of piperidine rings is 1. The van der Waals surface area contributed by atoms with Crippen molar-refractivity contribution >= 4 is 21.8 Å². The smallest absolute Gasteiger partial charge is 0.224 e. The summed E-state index contributed by atoms with van der Waals surface area (Å²) in [6.45, 7) is 7.68. The van der Waals surface area contributed by atoms with Gasteiger partial charge in [-0.15, -0.1) is 0 Å². The standard InChI is InChI=1S/C12H21BrN2O/c1-9(2)14-5-3-11(4-6-14)15-8-10(13)7-12(15)16/h9-11H,3-8H2,1-2H3. The molecule has 0 aliphatic carbocycles. The molecule has 92 valence electrons. The zero-order chi connectivity index (χ0) is 11.7. The van der Waals surface area contributed by atoms with E-state index < -0.39 is 0 Å². The minimum absolute atomic E-state index is 0.338. The molecule has 2 rings (SSSR count). The van der Waals surface area contributed by atoms with Crippen LogP contribution in [0.4, 0.5) is 0 Å². The summed E-state index contributed by atoms with van der Waals surface area (Å²) in [6, 6.07) is 1.13. The average molecular weight is 289 g/mol. The lowest BCUT2D eigenvalue weighted by molar-refractivity contribution is -0.130. The number of alkyl halides is 1. The quantitative estimate of drug-likeness (QED) is 0.724. The fraction of sp³-hybridized carbons (Fsp3) is 0.917. The molecule has 0 spiro atoms. The van der Waals surface area contributed by atoms with Gasteiger partial charge < -0.3 is 9.80 Å². The van der Waals surface area contributed by atoms with Gasteiger partial charge in [-0.25, -0.2) is 0 Å². The zero-order valence-corrected chi connectivity index (χ0v) is 11.7. The van der Waals surface area contributed by atoms with Gasteiger partial charge in [0.25, 0.3) is 0 Å². The van der Waals surface area contributed by atoms with E-state index in [1.165, 1.54) is 0 Å². The van der Waals surface area contributed by atoms with Crippen LogP contribution >= 0.6 is 15.9 Å². The van der Waals surface area contributed by atoms with E-state index in [1.54, 1.807) is 0 Å². The van der Waals surface area contributed by atoms with Crippen LogP contribution in [0.15, 0.2) is 0 Å². The van der Waals surface area contributed by atoms with Crippen LogP contribution in [0.3, 0.4) is 0 Å². The van der Waals surface area contributed by atoms with Crippen molar-refractivity contribution in [3.05, 3.63) is 0 Å². The lowest BCUT2D eigenvalue weighted by Crippen LogP contribution is -2.47. The molecule has 0 radical (unpaired) electrons.